The molecule has 0 atom stereocenters. The average Bonchev–Trinajstić information content (AvgIpc) is 2.55. The van der Waals surface area contributed by atoms with E-state index in [-0.39, 0.29) is 0 Å². The predicted octanol–water partition coefficient (Wildman–Crippen LogP) is 4.07. The maximum atomic E-state index is 4.61. The van der Waals surface area contributed by atoms with E-state index < -0.39 is 0 Å². The third kappa shape index (κ3) is 5.55. The van der Waals surface area contributed by atoms with Crippen molar-refractivity contribution in [2.45, 2.75) is 40.0 Å². The van der Waals surface area contributed by atoms with Gasteiger partial charge in [-0.1, -0.05) is 44.2 Å². The molecule has 1 aromatic heterocycles. The summed E-state index contributed by atoms with van der Waals surface area (Å²) < 4.78 is 0. The van der Waals surface area contributed by atoms with Crippen molar-refractivity contribution in [1.82, 2.24) is 9.97 Å². The van der Waals surface area contributed by atoms with Gasteiger partial charge in [0.05, 0.1) is 0 Å². The van der Waals surface area contributed by atoms with Gasteiger partial charge < -0.3 is 10.2 Å². The number of nitrogens with one attached hydrogen (secondary N) is 1. The third-order valence-corrected chi connectivity index (χ3v) is 3.70. The Bertz CT molecular complexity index is 577. The molecular formula is C19H28N4. The Morgan fingerprint density at radius 3 is 2.35 bits per heavy atom. The van der Waals surface area contributed by atoms with Crippen molar-refractivity contribution in [1.29, 1.82) is 0 Å². The number of benzene rings is 1. The van der Waals surface area contributed by atoms with Crippen molar-refractivity contribution in [3.8, 4) is 0 Å². The first-order chi connectivity index (χ1) is 11.2. The zero-order valence-electron chi connectivity index (χ0n) is 14.5. The SMILES string of the molecule is CCCN(CCC)c1cc(NCCc2ccccc2)nc(C)n1. The maximum absolute atomic E-state index is 4.61. The minimum absolute atomic E-state index is 0.821. The van der Waals surface area contributed by atoms with Crippen molar-refractivity contribution in [2.24, 2.45) is 0 Å². The fraction of sp³-hybridized carbons (Fsp3) is 0.474. The number of aromatic nitrogens is 2. The van der Waals surface area contributed by atoms with Crippen molar-refractivity contribution in [3.05, 3.63) is 47.8 Å². The molecule has 4 heteroatoms. The van der Waals surface area contributed by atoms with Crippen LogP contribution in [0.25, 0.3) is 0 Å². The molecule has 0 saturated heterocycles. The van der Waals surface area contributed by atoms with Crippen LogP contribution in [0.1, 0.15) is 38.1 Å². The molecule has 124 valence electrons. The number of anilines is 2. The van der Waals surface area contributed by atoms with E-state index >= 15 is 0 Å². The summed E-state index contributed by atoms with van der Waals surface area (Å²) in [6.07, 6.45) is 3.24. The number of aryl methyl sites for hydroxylation is 1. The van der Waals surface area contributed by atoms with E-state index in [1.54, 1.807) is 0 Å². The molecule has 1 aromatic carbocycles. The Morgan fingerprint density at radius 1 is 1.00 bits per heavy atom. The molecule has 0 aliphatic heterocycles. The Balaban J connectivity index is 2.01. The van der Waals surface area contributed by atoms with Gasteiger partial charge in [-0.05, 0) is 31.7 Å². The van der Waals surface area contributed by atoms with Crippen molar-refractivity contribution in [2.75, 3.05) is 29.9 Å². The van der Waals surface area contributed by atoms with E-state index in [9.17, 15) is 0 Å². The summed E-state index contributed by atoms with van der Waals surface area (Å²) in [5.74, 6) is 2.77. The Morgan fingerprint density at radius 2 is 1.70 bits per heavy atom. The smallest absolute Gasteiger partial charge is 0.134 e. The molecule has 0 saturated carbocycles. The highest BCUT2D eigenvalue weighted by atomic mass is 15.2. The van der Waals surface area contributed by atoms with Gasteiger partial charge in [0, 0.05) is 25.7 Å². The maximum Gasteiger partial charge on any atom is 0.134 e. The molecule has 0 aliphatic carbocycles. The average molecular weight is 312 g/mol. The number of hydrogen-bond acceptors (Lipinski definition) is 4. The summed E-state index contributed by atoms with van der Waals surface area (Å²) in [5, 5.41) is 3.44. The normalized spacial score (nSPS) is 10.6. The van der Waals surface area contributed by atoms with Gasteiger partial charge in [0.1, 0.15) is 17.5 Å². The van der Waals surface area contributed by atoms with Crippen LogP contribution in [0.15, 0.2) is 36.4 Å². The van der Waals surface area contributed by atoms with Gasteiger partial charge >= 0.3 is 0 Å². The Labute approximate surface area is 140 Å². The molecule has 2 rings (SSSR count). The van der Waals surface area contributed by atoms with Crippen molar-refractivity contribution >= 4 is 11.6 Å². The molecule has 0 fully saturated rings. The van der Waals surface area contributed by atoms with Crippen molar-refractivity contribution < 1.29 is 0 Å². The largest absolute Gasteiger partial charge is 0.370 e. The number of nitrogens with zero attached hydrogens (tertiary/aromatic N) is 3. The monoisotopic (exact) mass is 312 g/mol. The van der Waals surface area contributed by atoms with E-state index in [0.29, 0.717) is 0 Å². The number of hydrogen-bond donors (Lipinski definition) is 1. The lowest BCUT2D eigenvalue weighted by Crippen LogP contribution is -2.26. The van der Waals surface area contributed by atoms with E-state index in [1.165, 1.54) is 5.56 Å². The second-order valence-electron chi connectivity index (χ2n) is 5.81. The summed E-state index contributed by atoms with van der Waals surface area (Å²) in [6, 6.07) is 12.6. The minimum Gasteiger partial charge on any atom is -0.370 e. The first kappa shape index (κ1) is 17.3. The molecule has 0 bridgehead atoms. The first-order valence-corrected chi connectivity index (χ1v) is 8.61. The highest BCUT2D eigenvalue weighted by Crippen LogP contribution is 2.17. The summed E-state index contributed by atoms with van der Waals surface area (Å²) in [7, 11) is 0. The van der Waals surface area contributed by atoms with Crippen LogP contribution in [0.4, 0.5) is 11.6 Å². The fourth-order valence-electron chi connectivity index (χ4n) is 2.66. The molecule has 0 radical (unpaired) electrons. The van der Waals surface area contributed by atoms with Crippen LogP contribution >= 0.6 is 0 Å². The van der Waals surface area contributed by atoms with Crippen LogP contribution < -0.4 is 10.2 Å². The highest BCUT2D eigenvalue weighted by molar-refractivity contribution is 5.49. The predicted molar refractivity (Wildman–Crippen MR) is 98.2 cm³/mol. The topological polar surface area (TPSA) is 41.0 Å². The van der Waals surface area contributed by atoms with Gasteiger partial charge in [0.2, 0.25) is 0 Å². The van der Waals surface area contributed by atoms with Gasteiger partial charge in [0.15, 0.2) is 0 Å². The first-order valence-electron chi connectivity index (χ1n) is 8.61. The standard InChI is InChI=1S/C19H28N4/c1-4-13-23(14-5-2)19-15-18(21-16(3)22-19)20-12-11-17-9-7-6-8-10-17/h6-10,15H,4-5,11-14H2,1-3H3,(H,20,21,22). The van der Waals surface area contributed by atoms with Crippen molar-refractivity contribution in [3.63, 3.8) is 0 Å². The lowest BCUT2D eigenvalue weighted by Gasteiger charge is -2.23. The second-order valence-corrected chi connectivity index (χ2v) is 5.81. The molecule has 4 nitrogen and oxygen atoms in total. The zero-order valence-corrected chi connectivity index (χ0v) is 14.5. The highest BCUT2D eigenvalue weighted by Gasteiger charge is 2.09. The molecule has 0 unspecified atom stereocenters. The van der Waals surface area contributed by atoms with Gasteiger partial charge in [-0.3, -0.25) is 0 Å². The van der Waals surface area contributed by atoms with Crippen LogP contribution in [-0.2, 0) is 6.42 Å². The lowest BCUT2D eigenvalue weighted by atomic mass is 10.1. The minimum atomic E-state index is 0.821. The summed E-state index contributed by atoms with van der Waals surface area (Å²) >= 11 is 0. The van der Waals surface area contributed by atoms with Gasteiger partial charge in [-0.15, -0.1) is 0 Å². The molecule has 0 spiro atoms. The van der Waals surface area contributed by atoms with Crippen LogP contribution in [0.3, 0.4) is 0 Å². The summed E-state index contributed by atoms with van der Waals surface area (Å²) in [4.78, 5) is 11.5. The molecule has 2 aromatic rings. The van der Waals surface area contributed by atoms with Crippen LogP contribution in [-0.4, -0.2) is 29.6 Å². The van der Waals surface area contributed by atoms with Gasteiger partial charge in [-0.25, -0.2) is 9.97 Å². The summed E-state index contributed by atoms with van der Waals surface area (Å²) in [6.45, 7) is 9.32. The van der Waals surface area contributed by atoms with Crippen LogP contribution in [0.2, 0.25) is 0 Å². The molecule has 0 aliphatic rings. The fourth-order valence-corrected chi connectivity index (χ4v) is 2.66. The third-order valence-electron chi connectivity index (χ3n) is 3.70. The van der Waals surface area contributed by atoms with E-state index in [1.807, 2.05) is 13.0 Å². The van der Waals surface area contributed by atoms with E-state index in [2.05, 4.69) is 64.4 Å². The van der Waals surface area contributed by atoms with Gasteiger partial charge in [-0.2, -0.15) is 0 Å². The number of rotatable bonds is 9. The quantitative estimate of drug-likeness (QED) is 0.758. The molecule has 1 heterocycles. The summed E-state index contributed by atoms with van der Waals surface area (Å²) in [5.41, 5.74) is 1.34. The Kier molecular flexibility index (Phi) is 6.85. The molecule has 1 N–H and O–H groups in total. The van der Waals surface area contributed by atoms with Crippen LogP contribution in [0, 0.1) is 6.92 Å². The Hall–Kier alpha value is -2.10. The van der Waals surface area contributed by atoms with Gasteiger partial charge in [0.25, 0.3) is 0 Å². The van der Waals surface area contributed by atoms with E-state index in [0.717, 1.165) is 56.4 Å². The van der Waals surface area contributed by atoms with E-state index in [4.69, 9.17) is 0 Å². The second kappa shape index (κ2) is 9.13. The van der Waals surface area contributed by atoms with Crippen LogP contribution in [0.5, 0.6) is 0 Å². The lowest BCUT2D eigenvalue weighted by molar-refractivity contribution is 0.730. The zero-order chi connectivity index (χ0) is 16.5. The molecular weight excluding hydrogens is 284 g/mol. The molecule has 0 amide bonds. The molecule has 23 heavy (non-hydrogen) atoms.